The molecule has 166 valence electrons. The van der Waals surface area contributed by atoms with Gasteiger partial charge < -0.3 is 20.3 Å². The number of benzene rings is 2. The van der Waals surface area contributed by atoms with E-state index in [1.54, 1.807) is 18.2 Å². The first-order chi connectivity index (χ1) is 15.2. The van der Waals surface area contributed by atoms with E-state index in [0.717, 1.165) is 17.7 Å². The lowest BCUT2D eigenvalue weighted by Gasteiger charge is -2.23. The minimum Gasteiger partial charge on any atom is -0.482 e. The summed E-state index contributed by atoms with van der Waals surface area (Å²) < 4.78 is 19.7. The predicted molar refractivity (Wildman–Crippen MR) is 122 cm³/mol. The molecule has 2 aromatic rings. The van der Waals surface area contributed by atoms with Crippen molar-refractivity contribution in [1.82, 2.24) is 10.2 Å². The van der Waals surface area contributed by atoms with E-state index in [4.69, 9.17) is 4.74 Å². The predicted octanol–water partition coefficient (Wildman–Crippen LogP) is 3.67. The number of likely N-dealkylation sites (N-methyl/N-ethyl adjacent to an activating group) is 1. The van der Waals surface area contributed by atoms with Gasteiger partial charge in [0.1, 0.15) is 17.2 Å². The summed E-state index contributed by atoms with van der Waals surface area (Å²) in [6.45, 7) is 5.19. The van der Waals surface area contributed by atoms with Crippen LogP contribution in [-0.2, 0) is 9.53 Å². The summed E-state index contributed by atoms with van der Waals surface area (Å²) in [5, 5.41) is 5.60. The number of carbonyl (C=O) groups is 2. The first-order valence-corrected chi connectivity index (χ1v) is 10.5. The molecule has 6 nitrogen and oxygen atoms in total. The number of allylic oxidation sites excluding steroid dienone is 1. The van der Waals surface area contributed by atoms with Gasteiger partial charge in [-0.2, -0.15) is 0 Å². The standard InChI is InChI=1S/C25H26FN3O3/c1-25(2)19(15-5-7-16(8-6-15)23(30)27-11-12-29(3)4)14-21(32-25)22-18-10-9-17(26)13-20(18)28-24(22)31/h5-10,13-14H,11-12H2,1-4H3,(H,27,30)(H,28,31). The maximum atomic E-state index is 13.6. The molecule has 7 heteroatoms. The number of carbonyl (C=O) groups excluding carboxylic acids is 2. The number of anilines is 1. The molecule has 0 spiro atoms. The molecule has 2 heterocycles. The second-order valence-corrected chi connectivity index (χ2v) is 8.69. The third kappa shape index (κ3) is 4.16. The zero-order valence-electron chi connectivity index (χ0n) is 18.6. The minimum absolute atomic E-state index is 0.122. The minimum atomic E-state index is -0.680. The molecule has 2 amide bonds. The Bertz CT molecular complexity index is 1150. The van der Waals surface area contributed by atoms with Crippen LogP contribution in [0.25, 0.3) is 11.1 Å². The fourth-order valence-corrected chi connectivity index (χ4v) is 3.90. The van der Waals surface area contributed by atoms with E-state index < -0.39 is 11.4 Å². The lowest BCUT2D eigenvalue weighted by molar-refractivity contribution is -0.111. The quantitative estimate of drug-likeness (QED) is 0.703. The Morgan fingerprint density at radius 1 is 1.16 bits per heavy atom. The van der Waals surface area contributed by atoms with Crippen LogP contribution >= 0.6 is 0 Å². The maximum Gasteiger partial charge on any atom is 0.260 e. The van der Waals surface area contributed by atoms with Gasteiger partial charge in [-0.25, -0.2) is 4.39 Å². The number of halogens is 1. The van der Waals surface area contributed by atoms with Crippen LogP contribution < -0.4 is 10.6 Å². The Labute approximate surface area is 186 Å². The zero-order valence-corrected chi connectivity index (χ0v) is 18.6. The van der Waals surface area contributed by atoms with Crippen LogP contribution in [0.3, 0.4) is 0 Å². The van der Waals surface area contributed by atoms with Gasteiger partial charge in [-0.1, -0.05) is 12.1 Å². The van der Waals surface area contributed by atoms with Crippen LogP contribution in [-0.4, -0.2) is 49.5 Å². The monoisotopic (exact) mass is 435 g/mol. The smallest absolute Gasteiger partial charge is 0.260 e. The molecule has 0 aromatic heterocycles. The molecule has 0 atom stereocenters. The van der Waals surface area contributed by atoms with Crippen LogP contribution in [0.2, 0.25) is 0 Å². The van der Waals surface area contributed by atoms with Crippen molar-refractivity contribution in [2.75, 3.05) is 32.5 Å². The molecule has 2 aliphatic rings. The van der Waals surface area contributed by atoms with E-state index in [2.05, 4.69) is 10.6 Å². The van der Waals surface area contributed by atoms with Crippen LogP contribution in [0.5, 0.6) is 0 Å². The van der Waals surface area contributed by atoms with Gasteiger partial charge in [0.25, 0.3) is 11.8 Å². The molecule has 2 aliphatic heterocycles. The van der Waals surface area contributed by atoms with E-state index in [0.29, 0.717) is 34.7 Å². The molecule has 0 saturated heterocycles. The molecule has 0 bridgehead atoms. The molecular formula is C25H26FN3O3. The van der Waals surface area contributed by atoms with Gasteiger partial charge in [0.15, 0.2) is 0 Å². The maximum absolute atomic E-state index is 13.6. The van der Waals surface area contributed by atoms with Gasteiger partial charge in [-0.3, -0.25) is 9.59 Å². The van der Waals surface area contributed by atoms with Crippen molar-refractivity contribution in [2.45, 2.75) is 19.4 Å². The fraction of sp³-hybridized carbons (Fsp3) is 0.280. The van der Waals surface area contributed by atoms with Crippen LogP contribution in [0.4, 0.5) is 10.1 Å². The van der Waals surface area contributed by atoms with Gasteiger partial charge in [0, 0.05) is 29.8 Å². The summed E-state index contributed by atoms with van der Waals surface area (Å²) in [7, 11) is 3.91. The van der Waals surface area contributed by atoms with Crippen molar-refractivity contribution in [2.24, 2.45) is 0 Å². The fourth-order valence-electron chi connectivity index (χ4n) is 3.90. The van der Waals surface area contributed by atoms with Crippen molar-refractivity contribution in [1.29, 1.82) is 0 Å². The Morgan fingerprint density at radius 2 is 1.88 bits per heavy atom. The molecule has 0 unspecified atom stereocenters. The summed E-state index contributed by atoms with van der Waals surface area (Å²) in [5.74, 6) is -0.411. The Hall–Kier alpha value is -3.45. The summed E-state index contributed by atoms with van der Waals surface area (Å²) in [6.07, 6.45) is 1.85. The highest BCUT2D eigenvalue weighted by Gasteiger charge is 2.38. The summed E-state index contributed by atoms with van der Waals surface area (Å²) in [4.78, 5) is 26.9. The van der Waals surface area contributed by atoms with Crippen molar-refractivity contribution >= 4 is 28.6 Å². The molecular weight excluding hydrogens is 409 g/mol. The number of nitrogens with one attached hydrogen (secondary N) is 2. The van der Waals surface area contributed by atoms with E-state index in [9.17, 15) is 14.0 Å². The molecule has 4 rings (SSSR count). The summed E-state index contributed by atoms with van der Waals surface area (Å²) in [6, 6.07) is 11.5. The summed E-state index contributed by atoms with van der Waals surface area (Å²) >= 11 is 0. The summed E-state index contributed by atoms with van der Waals surface area (Å²) in [5.41, 5.74) is 3.13. The topological polar surface area (TPSA) is 70.7 Å². The first-order valence-electron chi connectivity index (χ1n) is 10.5. The molecule has 32 heavy (non-hydrogen) atoms. The first kappa shape index (κ1) is 21.8. The second kappa shape index (κ2) is 8.24. The van der Waals surface area contributed by atoms with E-state index >= 15 is 0 Å². The number of rotatable bonds is 5. The Morgan fingerprint density at radius 3 is 2.56 bits per heavy atom. The Balaban J connectivity index is 1.62. The SMILES string of the molecule is CN(C)CCNC(=O)c1ccc(C2=CC(=C3C(=O)Nc4cc(F)ccc43)OC2(C)C)cc1. The molecule has 0 saturated carbocycles. The number of hydrogen-bond acceptors (Lipinski definition) is 4. The highest BCUT2D eigenvalue weighted by Crippen LogP contribution is 2.44. The number of ether oxygens (including phenoxy) is 1. The molecule has 0 radical (unpaired) electrons. The van der Waals surface area contributed by atoms with E-state index in [1.165, 1.54) is 12.1 Å². The zero-order chi connectivity index (χ0) is 23.0. The van der Waals surface area contributed by atoms with Crippen LogP contribution in [0, 0.1) is 5.82 Å². The average molecular weight is 435 g/mol. The number of amides is 2. The van der Waals surface area contributed by atoms with Crippen LogP contribution in [0.15, 0.2) is 54.3 Å². The highest BCUT2D eigenvalue weighted by atomic mass is 19.1. The molecule has 0 aliphatic carbocycles. The van der Waals surface area contributed by atoms with Gasteiger partial charge in [0.05, 0.1) is 11.3 Å². The molecule has 2 aromatic carbocycles. The lowest BCUT2D eigenvalue weighted by Crippen LogP contribution is -2.31. The van der Waals surface area contributed by atoms with E-state index in [1.807, 2.05) is 51.1 Å². The normalized spacial score (nSPS) is 18.8. The highest BCUT2D eigenvalue weighted by molar-refractivity contribution is 6.32. The van der Waals surface area contributed by atoms with Gasteiger partial charge in [-0.05, 0) is 69.9 Å². The van der Waals surface area contributed by atoms with E-state index in [-0.39, 0.29) is 11.8 Å². The molecule has 2 N–H and O–H groups in total. The van der Waals surface area contributed by atoms with Crippen molar-refractivity contribution < 1.29 is 18.7 Å². The van der Waals surface area contributed by atoms with Crippen LogP contribution in [0.1, 0.15) is 35.3 Å². The van der Waals surface area contributed by atoms with Gasteiger partial charge in [0.2, 0.25) is 0 Å². The van der Waals surface area contributed by atoms with Crippen molar-refractivity contribution in [3.63, 3.8) is 0 Å². The van der Waals surface area contributed by atoms with Crippen molar-refractivity contribution in [3.8, 4) is 0 Å². The largest absolute Gasteiger partial charge is 0.482 e. The number of fused-ring (bicyclic) bond motifs is 1. The number of hydrogen-bond donors (Lipinski definition) is 2. The second-order valence-electron chi connectivity index (χ2n) is 8.69. The third-order valence-electron chi connectivity index (χ3n) is 5.56. The lowest BCUT2D eigenvalue weighted by atomic mass is 9.91. The number of nitrogens with zero attached hydrogens (tertiary/aromatic N) is 1. The van der Waals surface area contributed by atoms with Gasteiger partial charge in [-0.15, -0.1) is 0 Å². The average Bonchev–Trinajstić information content (AvgIpc) is 3.21. The molecule has 0 fully saturated rings. The van der Waals surface area contributed by atoms with Crippen molar-refractivity contribution in [3.05, 3.63) is 76.8 Å². The Kier molecular flexibility index (Phi) is 5.60. The van der Waals surface area contributed by atoms with Gasteiger partial charge >= 0.3 is 0 Å². The third-order valence-corrected chi connectivity index (χ3v) is 5.56.